The van der Waals surface area contributed by atoms with Gasteiger partial charge in [-0.2, -0.15) is 9.61 Å². The zero-order chi connectivity index (χ0) is 12.7. The Morgan fingerprint density at radius 2 is 1.89 bits per heavy atom. The third kappa shape index (κ3) is 1.54. The van der Waals surface area contributed by atoms with Gasteiger partial charge in [0.25, 0.3) is 0 Å². The summed E-state index contributed by atoms with van der Waals surface area (Å²) in [5.41, 5.74) is 11.1. The number of hydrogen-bond donors (Lipinski definition) is 1. The van der Waals surface area contributed by atoms with Gasteiger partial charge < -0.3 is 5.73 Å². The second-order valence-electron chi connectivity index (χ2n) is 4.43. The fourth-order valence-electron chi connectivity index (χ4n) is 2.15. The van der Waals surface area contributed by atoms with Crippen molar-refractivity contribution < 1.29 is 0 Å². The van der Waals surface area contributed by atoms with E-state index in [2.05, 4.69) is 23.1 Å². The van der Waals surface area contributed by atoms with Gasteiger partial charge in [-0.1, -0.05) is 24.3 Å². The number of nitrogens with zero attached hydrogens (tertiary/aromatic N) is 3. The Morgan fingerprint density at radius 3 is 2.67 bits per heavy atom. The van der Waals surface area contributed by atoms with Crippen LogP contribution in [-0.2, 0) is 0 Å². The maximum absolute atomic E-state index is 6.19. The van der Waals surface area contributed by atoms with Gasteiger partial charge in [-0.05, 0) is 25.0 Å². The number of hydrogen-bond acceptors (Lipinski definition) is 3. The maximum Gasteiger partial charge on any atom is 0.157 e. The maximum atomic E-state index is 6.19. The summed E-state index contributed by atoms with van der Waals surface area (Å²) in [6.07, 6.45) is 1.81. The molecule has 90 valence electrons. The number of anilines is 1. The highest BCUT2D eigenvalue weighted by Gasteiger charge is 2.10. The van der Waals surface area contributed by atoms with Crippen LogP contribution >= 0.6 is 0 Å². The van der Waals surface area contributed by atoms with Crippen LogP contribution in [0.3, 0.4) is 0 Å². The molecule has 0 saturated heterocycles. The van der Waals surface area contributed by atoms with Crippen LogP contribution in [0.15, 0.2) is 36.5 Å². The van der Waals surface area contributed by atoms with Gasteiger partial charge in [0.2, 0.25) is 0 Å². The van der Waals surface area contributed by atoms with Crippen molar-refractivity contribution >= 4 is 11.5 Å². The van der Waals surface area contributed by atoms with Gasteiger partial charge in [-0.25, -0.2) is 4.98 Å². The monoisotopic (exact) mass is 238 g/mol. The number of rotatable bonds is 1. The molecule has 2 N–H and O–H groups in total. The summed E-state index contributed by atoms with van der Waals surface area (Å²) in [4.78, 5) is 4.40. The summed E-state index contributed by atoms with van der Waals surface area (Å²) >= 11 is 0. The van der Waals surface area contributed by atoms with Crippen molar-refractivity contribution in [1.82, 2.24) is 14.6 Å². The first kappa shape index (κ1) is 10.8. The van der Waals surface area contributed by atoms with E-state index in [4.69, 9.17) is 5.73 Å². The van der Waals surface area contributed by atoms with E-state index < -0.39 is 0 Å². The van der Waals surface area contributed by atoms with Gasteiger partial charge in [0.1, 0.15) is 5.82 Å². The molecule has 4 heteroatoms. The quantitative estimate of drug-likeness (QED) is 0.709. The van der Waals surface area contributed by atoms with Crippen LogP contribution in [-0.4, -0.2) is 14.6 Å². The molecule has 1 aromatic carbocycles. The molecule has 18 heavy (non-hydrogen) atoms. The third-order valence-corrected chi connectivity index (χ3v) is 3.08. The molecular weight excluding hydrogens is 224 g/mol. The van der Waals surface area contributed by atoms with Crippen molar-refractivity contribution in [2.45, 2.75) is 13.8 Å². The number of fused-ring (bicyclic) bond motifs is 1. The topological polar surface area (TPSA) is 56.2 Å². The van der Waals surface area contributed by atoms with Crippen molar-refractivity contribution in [1.29, 1.82) is 0 Å². The largest absolute Gasteiger partial charge is 0.383 e. The van der Waals surface area contributed by atoms with Gasteiger partial charge in [-0.3, -0.25) is 0 Å². The second-order valence-corrected chi connectivity index (χ2v) is 4.43. The van der Waals surface area contributed by atoms with Crippen molar-refractivity contribution in [3.63, 3.8) is 0 Å². The van der Waals surface area contributed by atoms with Gasteiger partial charge in [0.15, 0.2) is 5.65 Å². The average Bonchev–Trinajstić information content (AvgIpc) is 2.73. The Hall–Kier alpha value is -2.36. The summed E-state index contributed by atoms with van der Waals surface area (Å²) in [5, 5.41) is 4.36. The molecule has 0 amide bonds. The molecule has 0 unspecified atom stereocenters. The normalized spacial score (nSPS) is 11.0. The third-order valence-electron chi connectivity index (χ3n) is 3.08. The summed E-state index contributed by atoms with van der Waals surface area (Å²) in [6.45, 7) is 3.99. The van der Waals surface area contributed by atoms with E-state index in [-0.39, 0.29) is 0 Å². The zero-order valence-corrected chi connectivity index (χ0v) is 10.4. The lowest BCUT2D eigenvalue weighted by atomic mass is 10.0. The van der Waals surface area contributed by atoms with E-state index in [1.54, 1.807) is 4.52 Å². The predicted octanol–water partition coefficient (Wildman–Crippen LogP) is 2.60. The average molecular weight is 238 g/mol. The highest BCUT2D eigenvalue weighted by Crippen LogP contribution is 2.28. The van der Waals surface area contributed by atoms with E-state index >= 15 is 0 Å². The van der Waals surface area contributed by atoms with E-state index in [0.29, 0.717) is 5.82 Å². The zero-order valence-electron chi connectivity index (χ0n) is 10.4. The van der Waals surface area contributed by atoms with Gasteiger partial charge >= 0.3 is 0 Å². The molecule has 2 aromatic heterocycles. The number of benzene rings is 1. The lowest BCUT2D eigenvalue weighted by molar-refractivity contribution is 0.930. The first-order valence-electron chi connectivity index (χ1n) is 5.83. The molecule has 3 rings (SSSR count). The summed E-state index contributed by atoms with van der Waals surface area (Å²) in [7, 11) is 0. The molecule has 0 spiro atoms. The minimum Gasteiger partial charge on any atom is -0.383 e. The van der Waals surface area contributed by atoms with Crippen LogP contribution in [0.2, 0.25) is 0 Å². The fourth-order valence-corrected chi connectivity index (χ4v) is 2.15. The summed E-state index contributed by atoms with van der Waals surface area (Å²) in [6, 6.07) is 10.0. The van der Waals surface area contributed by atoms with E-state index in [9.17, 15) is 0 Å². The smallest absolute Gasteiger partial charge is 0.157 e. The van der Waals surface area contributed by atoms with E-state index in [0.717, 1.165) is 22.5 Å². The summed E-state index contributed by atoms with van der Waals surface area (Å²) in [5.74, 6) is 0.627. The number of nitrogens with two attached hydrogens (primary N) is 1. The Balaban J connectivity index is 2.30. The Labute approximate surface area is 105 Å². The minimum absolute atomic E-state index is 0.627. The van der Waals surface area contributed by atoms with Crippen molar-refractivity contribution in [2.24, 2.45) is 0 Å². The molecule has 0 saturated carbocycles. The lowest BCUT2D eigenvalue weighted by Gasteiger charge is -2.09. The molecule has 0 bridgehead atoms. The van der Waals surface area contributed by atoms with Crippen molar-refractivity contribution in [3.05, 3.63) is 47.8 Å². The van der Waals surface area contributed by atoms with E-state index in [1.165, 1.54) is 5.56 Å². The van der Waals surface area contributed by atoms with Gasteiger partial charge in [0, 0.05) is 17.8 Å². The Bertz CT molecular complexity index is 728. The van der Waals surface area contributed by atoms with Crippen LogP contribution in [0, 0.1) is 13.8 Å². The number of aromatic nitrogens is 3. The molecule has 0 aliphatic heterocycles. The van der Waals surface area contributed by atoms with Gasteiger partial charge in [-0.15, -0.1) is 0 Å². The van der Waals surface area contributed by atoms with Crippen LogP contribution in [0.25, 0.3) is 16.8 Å². The number of aryl methyl sites for hydroxylation is 2. The first-order valence-corrected chi connectivity index (χ1v) is 5.83. The molecule has 4 nitrogen and oxygen atoms in total. The SMILES string of the molecule is Cc1cc2ncc(-c3ccccc3C)c(N)n2n1. The first-order chi connectivity index (χ1) is 8.66. The fraction of sp³-hybridized carbons (Fsp3) is 0.143. The van der Waals surface area contributed by atoms with Gasteiger partial charge in [0.05, 0.1) is 5.69 Å². The highest BCUT2D eigenvalue weighted by atomic mass is 15.3. The standard InChI is InChI=1S/C14H14N4/c1-9-5-3-4-6-11(9)12-8-16-13-7-10(2)17-18(13)14(12)15/h3-8H,15H2,1-2H3. The molecular formula is C14H14N4. The van der Waals surface area contributed by atoms with Crippen LogP contribution < -0.4 is 5.73 Å². The van der Waals surface area contributed by atoms with Crippen molar-refractivity contribution in [3.8, 4) is 11.1 Å². The van der Waals surface area contributed by atoms with Crippen LogP contribution in [0.5, 0.6) is 0 Å². The molecule has 0 aliphatic carbocycles. The van der Waals surface area contributed by atoms with Crippen LogP contribution in [0.1, 0.15) is 11.3 Å². The lowest BCUT2D eigenvalue weighted by Crippen LogP contribution is -2.03. The molecule has 3 aromatic rings. The highest BCUT2D eigenvalue weighted by molar-refractivity contribution is 5.77. The molecule has 0 radical (unpaired) electrons. The second kappa shape index (κ2) is 3.84. The summed E-state index contributed by atoms with van der Waals surface area (Å²) < 4.78 is 1.69. The number of nitrogen functional groups attached to an aromatic ring is 1. The van der Waals surface area contributed by atoms with Crippen LogP contribution in [0.4, 0.5) is 5.82 Å². The molecule has 2 heterocycles. The molecule has 0 atom stereocenters. The van der Waals surface area contributed by atoms with Crippen molar-refractivity contribution in [2.75, 3.05) is 5.73 Å². The van der Waals surface area contributed by atoms with E-state index in [1.807, 2.05) is 37.4 Å². The Kier molecular flexibility index (Phi) is 2.30. The minimum atomic E-state index is 0.627. The molecule has 0 aliphatic rings. The Morgan fingerprint density at radius 1 is 1.11 bits per heavy atom. The molecule has 0 fully saturated rings. The predicted molar refractivity (Wildman–Crippen MR) is 72.3 cm³/mol.